The van der Waals surface area contributed by atoms with Crippen LogP contribution in [0, 0.1) is 13.8 Å². The van der Waals surface area contributed by atoms with Crippen LogP contribution < -0.4 is 4.74 Å². The molecule has 3 nitrogen and oxygen atoms in total. The fourth-order valence-corrected chi connectivity index (χ4v) is 1.55. The molecule has 0 fully saturated rings. The largest absolute Gasteiger partial charge is 0.461 e. The van der Waals surface area contributed by atoms with Crippen molar-refractivity contribution in [2.45, 2.75) is 20.8 Å². The van der Waals surface area contributed by atoms with Gasteiger partial charge in [-0.05, 0) is 37.6 Å². The van der Waals surface area contributed by atoms with Crippen molar-refractivity contribution in [3.63, 3.8) is 0 Å². The minimum absolute atomic E-state index is 0.313. The first-order chi connectivity index (χ1) is 7.08. The molecule has 15 heavy (non-hydrogen) atoms. The first-order valence-corrected chi connectivity index (χ1v) is 4.76. The van der Waals surface area contributed by atoms with Gasteiger partial charge in [0.05, 0.1) is 0 Å². The summed E-state index contributed by atoms with van der Waals surface area (Å²) in [4.78, 5) is 10.8. The molecule has 0 bridgehead atoms. The van der Waals surface area contributed by atoms with Gasteiger partial charge in [-0.15, -0.1) is 0 Å². The molecule has 2 aromatic rings. The summed E-state index contributed by atoms with van der Waals surface area (Å²) in [6.45, 7) is 5.29. The molecule has 1 heterocycles. The molecule has 0 radical (unpaired) electrons. The monoisotopic (exact) mass is 204 g/mol. The first-order valence-electron chi connectivity index (χ1n) is 4.76. The van der Waals surface area contributed by atoms with Gasteiger partial charge < -0.3 is 9.15 Å². The first kappa shape index (κ1) is 9.77. The van der Waals surface area contributed by atoms with Crippen molar-refractivity contribution in [2.24, 2.45) is 0 Å². The molecule has 0 atom stereocenters. The molecule has 0 aliphatic carbocycles. The Kier molecular flexibility index (Phi) is 2.23. The highest BCUT2D eigenvalue weighted by Gasteiger charge is 2.08. The second kappa shape index (κ2) is 3.42. The van der Waals surface area contributed by atoms with Crippen molar-refractivity contribution in [3.05, 3.63) is 29.5 Å². The zero-order valence-corrected chi connectivity index (χ0v) is 8.96. The van der Waals surface area contributed by atoms with Crippen LogP contribution in [0.15, 0.2) is 22.6 Å². The smallest absolute Gasteiger partial charge is 0.308 e. The summed E-state index contributed by atoms with van der Waals surface area (Å²) >= 11 is 0. The van der Waals surface area contributed by atoms with Gasteiger partial charge >= 0.3 is 5.97 Å². The number of carbonyl (C=O) groups is 1. The van der Waals surface area contributed by atoms with Gasteiger partial charge in [0.15, 0.2) is 0 Å². The van der Waals surface area contributed by atoms with Crippen LogP contribution in [-0.4, -0.2) is 5.97 Å². The van der Waals surface area contributed by atoms with E-state index in [2.05, 4.69) is 0 Å². The highest BCUT2D eigenvalue weighted by atomic mass is 16.5. The Morgan fingerprint density at radius 3 is 2.73 bits per heavy atom. The number of furan rings is 1. The van der Waals surface area contributed by atoms with Gasteiger partial charge in [-0.1, -0.05) is 0 Å². The summed E-state index contributed by atoms with van der Waals surface area (Å²) in [6, 6.07) is 5.36. The van der Waals surface area contributed by atoms with E-state index in [1.54, 1.807) is 6.07 Å². The molecule has 0 amide bonds. The fourth-order valence-electron chi connectivity index (χ4n) is 1.55. The molecule has 0 saturated heterocycles. The fraction of sp³-hybridized carbons (Fsp3) is 0.250. The van der Waals surface area contributed by atoms with E-state index in [0.717, 1.165) is 22.3 Å². The van der Waals surface area contributed by atoms with E-state index in [-0.39, 0.29) is 5.97 Å². The topological polar surface area (TPSA) is 39.4 Å². The van der Waals surface area contributed by atoms with Crippen LogP contribution in [0.25, 0.3) is 11.0 Å². The van der Waals surface area contributed by atoms with E-state index in [0.29, 0.717) is 5.75 Å². The van der Waals surface area contributed by atoms with E-state index in [1.807, 2.05) is 26.0 Å². The lowest BCUT2D eigenvalue weighted by atomic mass is 10.1. The normalized spacial score (nSPS) is 10.6. The van der Waals surface area contributed by atoms with E-state index < -0.39 is 0 Å². The van der Waals surface area contributed by atoms with Gasteiger partial charge in [-0.25, -0.2) is 0 Å². The number of fused-ring (bicyclic) bond motifs is 1. The second-order valence-corrected chi connectivity index (χ2v) is 3.53. The molecule has 0 saturated carbocycles. The van der Waals surface area contributed by atoms with E-state index in [4.69, 9.17) is 9.15 Å². The number of benzene rings is 1. The number of esters is 1. The Labute approximate surface area is 87.6 Å². The molecule has 2 rings (SSSR count). The average molecular weight is 204 g/mol. The van der Waals surface area contributed by atoms with E-state index >= 15 is 0 Å². The highest BCUT2D eigenvalue weighted by Crippen LogP contribution is 2.28. The summed E-state index contributed by atoms with van der Waals surface area (Å²) in [5.74, 6) is 1.14. The van der Waals surface area contributed by atoms with Crippen LogP contribution >= 0.6 is 0 Å². The maximum atomic E-state index is 10.8. The number of rotatable bonds is 1. The van der Waals surface area contributed by atoms with Gasteiger partial charge in [0.25, 0.3) is 0 Å². The summed E-state index contributed by atoms with van der Waals surface area (Å²) in [6.07, 6.45) is 0. The molecule has 0 aliphatic heterocycles. The predicted octanol–water partition coefficient (Wildman–Crippen LogP) is 2.97. The Bertz CT molecular complexity index is 523. The van der Waals surface area contributed by atoms with Gasteiger partial charge in [-0.2, -0.15) is 0 Å². The van der Waals surface area contributed by atoms with Crippen molar-refractivity contribution < 1.29 is 13.9 Å². The highest BCUT2D eigenvalue weighted by molar-refractivity contribution is 5.84. The lowest BCUT2D eigenvalue weighted by Crippen LogP contribution is -2.00. The summed E-state index contributed by atoms with van der Waals surface area (Å²) in [5, 5.41) is 0.992. The number of hydrogen-bond acceptors (Lipinski definition) is 3. The van der Waals surface area contributed by atoms with Gasteiger partial charge in [0.1, 0.15) is 17.1 Å². The van der Waals surface area contributed by atoms with Crippen molar-refractivity contribution in [1.29, 1.82) is 0 Å². The molecule has 78 valence electrons. The number of ether oxygens (including phenoxy) is 1. The molecular formula is C12H12O3. The lowest BCUT2D eigenvalue weighted by molar-refractivity contribution is -0.131. The minimum atomic E-state index is -0.313. The average Bonchev–Trinajstić information content (AvgIpc) is 2.43. The summed E-state index contributed by atoms with van der Waals surface area (Å²) in [5.41, 5.74) is 1.90. The van der Waals surface area contributed by atoms with Crippen molar-refractivity contribution in [3.8, 4) is 5.75 Å². The van der Waals surface area contributed by atoms with Crippen LogP contribution in [0.4, 0.5) is 0 Å². The standard InChI is InChI=1S/C12H12O3/c1-7-8(2)14-12-5-4-10(6-11(7)12)15-9(3)13/h4-6H,1-3H3. The zero-order valence-electron chi connectivity index (χ0n) is 8.96. The second-order valence-electron chi connectivity index (χ2n) is 3.53. The molecular weight excluding hydrogens is 192 g/mol. The third-order valence-electron chi connectivity index (χ3n) is 2.41. The third kappa shape index (κ3) is 1.73. The number of aryl methyl sites for hydroxylation is 2. The summed E-state index contributed by atoms with van der Waals surface area (Å²) < 4.78 is 10.5. The van der Waals surface area contributed by atoms with Crippen molar-refractivity contribution in [1.82, 2.24) is 0 Å². The Morgan fingerprint density at radius 1 is 1.33 bits per heavy atom. The lowest BCUT2D eigenvalue weighted by Gasteiger charge is -2.00. The molecule has 0 aliphatic rings. The Balaban J connectivity index is 2.54. The van der Waals surface area contributed by atoms with E-state index in [1.165, 1.54) is 6.92 Å². The molecule has 0 unspecified atom stereocenters. The van der Waals surface area contributed by atoms with Gasteiger partial charge in [0, 0.05) is 12.3 Å². The summed E-state index contributed by atoms with van der Waals surface area (Å²) in [7, 11) is 0. The molecule has 1 aromatic heterocycles. The van der Waals surface area contributed by atoms with Crippen molar-refractivity contribution in [2.75, 3.05) is 0 Å². The SMILES string of the molecule is CC(=O)Oc1ccc2oc(C)c(C)c2c1. The molecule has 0 N–H and O–H groups in total. The Morgan fingerprint density at radius 2 is 2.07 bits per heavy atom. The molecule has 1 aromatic carbocycles. The molecule has 3 heteroatoms. The van der Waals surface area contributed by atoms with Gasteiger partial charge in [-0.3, -0.25) is 4.79 Å². The van der Waals surface area contributed by atoms with Crippen LogP contribution in [0.3, 0.4) is 0 Å². The van der Waals surface area contributed by atoms with Crippen LogP contribution in [0.2, 0.25) is 0 Å². The molecule has 0 spiro atoms. The quantitative estimate of drug-likeness (QED) is 0.529. The third-order valence-corrected chi connectivity index (χ3v) is 2.41. The maximum absolute atomic E-state index is 10.8. The zero-order chi connectivity index (χ0) is 11.0. The van der Waals surface area contributed by atoms with Gasteiger partial charge in [0.2, 0.25) is 0 Å². The van der Waals surface area contributed by atoms with Crippen LogP contribution in [0.1, 0.15) is 18.2 Å². The number of carbonyl (C=O) groups excluding carboxylic acids is 1. The minimum Gasteiger partial charge on any atom is -0.461 e. The predicted molar refractivity (Wildman–Crippen MR) is 57.0 cm³/mol. The van der Waals surface area contributed by atoms with Crippen molar-refractivity contribution >= 4 is 16.9 Å². The van der Waals surface area contributed by atoms with Crippen LogP contribution in [0.5, 0.6) is 5.75 Å². The maximum Gasteiger partial charge on any atom is 0.308 e. The van der Waals surface area contributed by atoms with Crippen LogP contribution in [-0.2, 0) is 4.79 Å². The number of hydrogen-bond donors (Lipinski definition) is 0. The van der Waals surface area contributed by atoms with E-state index in [9.17, 15) is 4.79 Å². The Hall–Kier alpha value is -1.77.